The molecule has 0 aliphatic carbocycles. The minimum atomic E-state index is -1.50. The number of aliphatic hydroxyl groups is 3. The number of rotatable bonds is 3. The van der Waals surface area contributed by atoms with Crippen LogP contribution in [0.3, 0.4) is 0 Å². The van der Waals surface area contributed by atoms with E-state index < -0.39 is 12.2 Å². The van der Waals surface area contributed by atoms with Gasteiger partial charge < -0.3 is 15.3 Å². The van der Waals surface area contributed by atoms with Crippen LogP contribution in [0.2, 0.25) is 0 Å². The smallest absolute Gasteiger partial charge is 0.160 e. The fraction of sp³-hybridized carbons (Fsp3) is 0.333. The van der Waals surface area contributed by atoms with Gasteiger partial charge in [-0.1, -0.05) is 30.3 Å². The molecule has 0 aliphatic rings. The molecule has 3 heteroatoms. The van der Waals surface area contributed by atoms with Crippen molar-refractivity contribution >= 4 is 0 Å². The van der Waals surface area contributed by atoms with Crippen LogP contribution in [-0.2, 0) is 0 Å². The monoisotopic (exact) mass is 168 g/mol. The minimum absolute atomic E-state index is 0.262. The van der Waals surface area contributed by atoms with Crippen molar-refractivity contribution in [1.82, 2.24) is 0 Å². The molecule has 1 rings (SSSR count). The molecule has 12 heavy (non-hydrogen) atoms. The van der Waals surface area contributed by atoms with Crippen molar-refractivity contribution in [2.24, 2.45) is 0 Å². The van der Waals surface area contributed by atoms with Crippen molar-refractivity contribution in [3.05, 3.63) is 35.9 Å². The first kappa shape index (κ1) is 9.19. The molecule has 0 amide bonds. The van der Waals surface area contributed by atoms with Crippen molar-refractivity contribution in [1.29, 1.82) is 0 Å². The summed E-state index contributed by atoms with van der Waals surface area (Å²) in [5.41, 5.74) is 0.731. The van der Waals surface area contributed by atoms with Gasteiger partial charge in [0.2, 0.25) is 0 Å². The highest BCUT2D eigenvalue weighted by atomic mass is 16.5. The zero-order valence-corrected chi connectivity index (χ0v) is 6.59. The maximum atomic E-state index is 8.86. The molecule has 0 radical (unpaired) electrons. The lowest BCUT2D eigenvalue weighted by atomic mass is 10.00. The first-order valence-electron chi connectivity index (χ1n) is 3.77. The lowest BCUT2D eigenvalue weighted by Gasteiger charge is -2.15. The summed E-state index contributed by atoms with van der Waals surface area (Å²) in [6, 6.07) is 8.92. The molecule has 3 nitrogen and oxygen atoms in total. The van der Waals surface area contributed by atoms with Crippen LogP contribution in [0.5, 0.6) is 0 Å². The fourth-order valence-corrected chi connectivity index (χ4v) is 1.07. The van der Waals surface area contributed by atoms with Crippen LogP contribution in [0.4, 0.5) is 0 Å². The summed E-state index contributed by atoms with van der Waals surface area (Å²) < 4.78 is 0. The van der Waals surface area contributed by atoms with Crippen molar-refractivity contribution < 1.29 is 15.3 Å². The molecule has 1 unspecified atom stereocenters. The predicted molar refractivity (Wildman–Crippen MR) is 44.5 cm³/mol. The van der Waals surface area contributed by atoms with E-state index in [1.54, 1.807) is 24.3 Å². The molecule has 0 saturated carbocycles. The van der Waals surface area contributed by atoms with E-state index in [-0.39, 0.29) is 6.61 Å². The van der Waals surface area contributed by atoms with Crippen LogP contribution < -0.4 is 0 Å². The van der Waals surface area contributed by atoms with Crippen LogP contribution in [0, 0.1) is 0 Å². The summed E-state index contributed by atoms with van der Waals surface area (Å²) in [6.07, 6.45) is -1.50. The van der Waals surface area contributed by atoms with Crippen molar-refractivity contribution in [3.8, 4) is 0 Å². The Hall–Kier alpha value is -0.900. The second kappa shape index (κ2) is 4.21. The van der Waals surface area contributed by atoms with E-state index in [0.29, 0.717) is 0 Å². The lowest BCUT2D eigenvalue weighted by molar-refractivity contribution is -0.0707. The van der Waals surface area contributed by atoms with E-state index in [2.05, 4.69) is 0 Å². The number of aliphatic hydroxyl groups excluding tert-OH is 2. The Morgan fingerprint density at radius 2 is 1.67 bits per heavy atom. The summed E-state index contributed by atoms with van der Waals surface area (Å²) in [4.78, 5) is 0. The van der Waals surface area contributed by atoms with Crippen molar-refractivity contribution in [2.45, 2.75) is 12.2 Å². The lowest BCUT2D eigenvalue weighted by Crippen LogP contribution is -2.20. The SMILES string of the molecule is OCC(c1ccccc1)C(O)O. The van der Waals surface area contributed by atoms with E-state index in [0.717, 1.165) is 5.56 Å². The van der Waals surface area contributed by atoms with Crippen molar-refractivity contribution in [2.75, 3.05) is 6.61 Å². The average Bonchev–Trinajstić information content (AvgIpc) is 2.07. The van der Waals surface area contributed by atoms with E-state index in [1.807, 2.05) is 6.07 Å². The Balaban J connectivity index is 2.80. The van der Waals surface area contributed by atoms with Crippen LogP contribution in [-0.4, -0.2) is 28.2 Å². The van der Waals surface area contributed by atoms with Gasteiger partial charge >= 0.3 is 0 Å². The summed E-state index contributed by atoms with van der Waals surface area (Å²) in [5, 5.41) is 26.6. The van der Waals surface area contributed by atoms with Gasteiger partial charge in [-0.05, 0) is 5.56 Å². The summed E-state index contributed by atoms with van der Waals surface area (Å²) in [6.45, 7) is -0.262. The van der Waals surface area contributed by atoms with Gasteiger partial charge in [0.25, 0.3) is 0 Å². The number of hydrogen-bond acceptors (Lipinski definition) is 3. The molecule has 0 saturated heterocycles. The van der Waals surface area contributed by atoms with Crippen LogP contribution in [0.25, 0.3) is 0 Å². The average molecular weight is 168 g/mol. The highest BCUT2D eigenvalue weighted by Gasteiger charge is 2.16. The standard InChI is InChI=1S/C9H12O3/c10-6-8(9(11)12)7-4-2-1-3-5-7/h1-5,8-12H,6H2. The third-order valence-corrected chi connectivity index (χ3v) is 1.78. The van der Waals surface area contributed by atoms with Gasteiger partial charge in [-0.2, -0.15) is 0 Å². The molecule has 1 atom stereocenters. The van der Waals surface area contributed by atoms with Gasteiger partial charge in [-0.15, -0.1) is 0 Å². The molecule has 0 bridgehead atoms. The Morgan fingerprint density at radius 1 is 1.08 bits per heavy atom. The summed E-state index contributed by atoms with van der Waals surface area (Å²) >= 11 is 0. The molecule has 0 aromatic heterocycles. The van der Waals surface area contributed by atoms with Gasteiger partial charge in [0.1, 0.15) is 0 Å². The Morgan fingerprint density at radius 3 is 2.08 bits per heavy atom. The summed E-state index contributed by atoms with van der Waals surface area (Å²) in [7, 11) is 0. The van der Waals surface area contributed by atoms with E-state index >= 15 is 0 Å². The minimum Gasteiger partial charge on any atom is -0.396 e. The van der Waals surface area contributed by atoms with Gasteiger partial charge in [-0.3, -0.25) is 0 Å². The Labute approximate surface area is 70.9 Å². The largest absolute Gasteiger partial charge is 0.396 e. The zero-order chi connectivity index (χ0) is 8.97. The molecule has 1 aromatic carbocycles. The van der Waals surface area contributed by atoms with Gasteiger partial charge in [0, 0.05) is 0 Å². The molecule has 0 spiro atoms. The second-order valence-electron chi connectivity index (χ2n) is 2.61. The molecule has 1 aromatic rings. The third kappa shape index (κ3) is 2.04. The number of benzene rings is 1. The van der Waals surface area contributed by atoms with Crippen molar-refractivity contribution in [3.63, 3.8) is 0 Å². The van der Waals surface area contributed by atoms with E-state index in [9.17, 15) is 0 Å². The molecule has 0 heterocycles. The normalized spacial score (nSPS) is 13.3. The van der Waals surface area contributed by atoms with Gasteiger partial charge in [0.15, 0.2) is 6.29 Å². The fourth-order valence-electron chi connectivity index (χ4n) is 1.07. The molecule has 0 aliphatic heterocycles. The molecule has 3 N–H and O–H groups in total. The van der Waals surface area contributed by atoms with Gasteiger partial charge in [-0.25, -0.2) is 0 Å². The Bertz CT molecular complexity index is 220. The molecular weight excluding hydrogens is 156 g/mol. The molecule has 0 fully saturated rings. The maximum Gasteiger partial charge on any atom is 0.160 e. The zero-order valence-electron chi connectivity index (χ0n) is 6.59. The van der Waals surface area contributed by atoms with Crippen LogP contribution in [0.15, 0.2) is 30.3 Å². The first-order chi connectivity index (χ1) is 5.75. The third-order valence-electron chi connectivity index (χ3n) is 1.78. The highest BCUT2D eigenvalue weighted by molar-refractivity contribution is 5.19. The summed E-state index contributed by atoms with van der Waals surface area (Å²) in [5.74, 6) is -0.605. The Kier molecular flexibility index (Phi) is 3.22. The second-order valence-corrected chi connectivity index (χ2v) is 2.61. The van der Waals surface area contributed by atoms with Gasteiger partial charge in [0.05, 0.1) is 12.5 Å². The molecule has 66 valence electrons. The van der Waals surface area contributed by atoms with Crippen LogP contribution >= 0.6 is 0 Å². The first-order valence-corrected chi connectivity index (χ1v) is 3.77. The van der Waals surface area contributed by atoms with Crippen LogP contribution in [0.1, 0.15) is 11.5 Å². The highest BCUT2D eigenvalue weighted by Crippen LogP contribution is 2.16. The number of hydrogen-bond donors (Lipinski definition) is 3. The maximum absolute atomic E-state index is 8.86. The molecular formula is C9H12O3. The predicted octanol–water partition coefficient (Wildman–Crippen LogP) is 0.0732. The quantitative estimate of drug-likeness (QED) is 0.560. The topological polar surface area (TPSA) is 60.7 Å². The van der Waals surface area contributed by atoms with E-state index in [1.165, 1.54) is 0 Å². The van der Waals surface area contributed by atoms with E-state index in [4.69, 9.17) is 15.3 Å².